The maximum absolute atomic E-state index is 14.6. The summed E-state index contributed by atoms with van der Waals surface area (Å²) in [6, 6.07) is -0.774. The first-order valence-electron chi connectivity index (χ1n) is 13.2. The van der Waals surface area contributed by atoms with Crippen LogP contribution in [0.5, 0.6) is 5.75 Å². The van der Waals surface area contributed by atoms with E-state index in [0.29, 0.717) is 32.5 Å². The highest BCUT2D eigenvalue weighted by Crippen LogP contribution is 2.55. The highest BCUT2D eigenvalue weighted by Gasteiger charge is 2.62. The molecule has 0 radical (unpaired) electrons. The molecule has 1 aromatic carbocycles. The van der Waals surface area contributed by atoms with Gasteiger partial charge in [0.25, 0.3) is 5.91 Å². The molecule has 2 fully saturated rings. The number of phenols is 1. The Kier molecular flexibility index (Phi) is 5.88. The Hall–Kier alpha value is -3.42. The van der Waals surface area contributed by atoms with Gasteiger partial charge in [0.2, 0.25) is 0 Å². The van der Waals surface area contributed by atoms with E-state index in [1.54, 1.807) is 4.90 Å². The number of nitrogens with two attached hydrogens (primary N) is 1. The summed E-state index contributed by atoms with van der Waals surface area (Å²) in [7, 11) is 0. The third-order valence-corrected chi connectivity index (χ3v) is 9.26. The number of hydrogen-bond acceptors (Lipinski definition) is 9. The lowest BCUT2D eigenvalue weighted by atomic mass is 9.58. The number of hydrogen-bond donors (Lipinski definition) is 7. The van der Waals surface area contributed by atoms with Crippen molar-refractivity contribution in [1.29, 1.82) is 5.41 Å². The fraction of sp³-hybridized carbons (Fsp3) is 0.519. The van der Waals surface area contributed by atoms with Crippen LogP contribution < -0.4 is 11.1 Å². The van der Waals surface area contributed by atoms with E-state index in [-0.39, 0.29) is 24.0 Å². The lowest BCUT2D eigenvalue weighted by Gasteiger charge is -2.54. The Morgan fingerprint density at radius 3 is 2.45 bits per heavy atom. The summed E-state index contributed by atoms with van der Waals surface area (Å²) < 4.78 is 43.7. The first-order valence-corrected chi connectivity index (χ1v) is 13.2. The lowest BCUT2D eigenvalue weighted by Crippen LogP contribution is -2.66. The fourth-order valence-corrected chi connectivity index (χ4v) is 7.41. The van der Waals surface area contributed by atoms with Crippen LogP contribution in [-0.4, -0.2) is 74.0 Å². The number of likely N-dealkylation sites (tertiary alicyclic amines) is 1. The molecule has 2 saturated heterocycles. The summed E-state index contributed by atoms with van der Waals surface area (Å²) in [4.78, 5) is 27.7. The third kappa shape index (κ3) is 3.50. The maximum atomic E-state index is 14.6. The number of alkyl halides is 3. The summed E-state index contributed by atoms with van der Waals surface area (Å²) in [5.74, 6) is -6.66. The molecule has 1 amide bonds. The number of aliphatic hydroxyl groups is 3. The van der Waals surface area contributed by atoms with E-state index in [1.807, 2.05) is 0 Å². The largest absolute Gasteiger partial charge is 0.510 e. The molecule has 3 aliphatic carbocycles. The lowest BCUT2D eigenvalue weighted by molar-refractivity contribution is -0.139. The highest BCUT2D eigenvalue weighted by molar-refractivity contribution is 6.26. The Morgan fingerprint density at radius 1 is 1.20 bits per heavy atom. The number of allylic oxidation sites excluding steroid dienone is 1. The maximum Gasteiger partial charge on any atom is 0.417 e. The molecule has 214 valence electrons. The number of phenolic OH excluding ortho intramolecular Hbond substituents is 1. The standard InChI is InChI=1S/C27H29F3N4O6/c28-27(29,30)19-11(14-3-1-4-33-14)9-15(35)17-12(19)7-10-8-13-20(34-5-2-6-34)22(37)18(25(32)39)23(31)26(13,40)24(38)16(10)21(17)36/h9-10,13-14,20,31,33,35,37-38,40H,1-8H2,(H2,32,39)/t10-,13-,14?,20-,26+/m0/s1. The number of carbonyl (C=O) groups excluding carboxylic acids is 2. The monoisotopic (exact) mass is 562 g/mol. The smallest absolute Gasteiger partial charge is 0.417 e. The van der Waals surface area contributed by atoms with E-state index in [0.717, 1.165) is 12.5 Å². The Labute approximate surface area is 226 Å². The van der Waals surface area contributed by atoms with Gasteiger partial charge in [0.05, 0.1) is 22.9 Å². The number of benzene rings is 1. The number of aliphatic hydroxyl groups excluding tert-OH is 2. The quantitative estimate of drug-likeness (QED) is 0.293. The van der Waals surface area contributed by atoms with Gasteiger partial charge in [-0.05, 0) is 61.8 Å². The number of Topliss-reactive ketones (excluding diaryl/α,β-unsaturated/α-hetero) is 1. The molecule has 0 bridgehead atoms. The summed E-state index contributed by atoms with van der Waals surface area (Å²) in [5, 5.41) is 56.7. The zero-order chi connectivity index (χ0) is 28.9. The number of ketones is 1. The molecule has 2 aliphatic heterocycles. The van der Waals surface area contributed by atoms with Gasteiger partial charge in [-0.3, -0.25) is 14.5 Å². The Bertz CT molecular complexity index is 1430. The molecule has 1 aromatic rings. The summed E-state index contributed by atoms with van der Waals surface area (Å²) in [6.07, 6.45) is -3.58. The van der Waals surface area contributed by atoms with Gasteiger partial charge in [-0.25, -0.2) is 0 Å². The number of nitrogens with zero attached hydrogens (tertiary/aromatic N) is 1. The van der Waals surface area contributed by atoms with Crippen molar-refractivity contribution in [3.05, 3.63) is 51.0 Å². The Balaban J connectivity index is 1.55. The second-order valence-electron chi connectivity index (χ2n) is 11.3. The number of carbonyl (C=O) groups is 2. The predicted molar refractivity (Wildman–Crippen MR) is 134 cm³/mol. The number of aromatic hydroxyl groups is 1. The van der Waals surface area contributed by atoms with Crippen LogP contribution in [0.15, 0.2) is 28.7 Å². The van der Waals surface area contributed by atoms with Crippen LogP contribution in [0, 0.1) is 17.2 Å². The number of nitrogens with one attached hydrogen (secondary N) is 2. The van der Waals surface area contributed by atoms with Crippen LogP contribution in [0.25, 0.3) is 0 Å². The van der Waals surface area contributed by atoms with Crippen molar-refractivity contribution in [2.24, 2.45) is 17.6 Å². The molecule has 8 N–H and O–H groups in total. The fourth-order valence-electron chi connectivity index (χ4n) is 7.41. The number of halogens is 3. The van der Waals surface area contributed by atoms with Crippen molar-refractivity contribution in [2.75, 3.05) is 19.6 Å². The highest BCUT2D eigenvalue weighted by atomic mass is 19.4. The first kappa shape index (κ1) is 26.8. The summed E-state index contributed by atoms with van der Waals surface area (Å²) in [6.45, 7) is 1.44. The predicted octanol–water partition coefficient (Wildman–Crippen LogP) is 2.16. The first-order chi connectivity index (χ1) is 18.8. The van der Waals surface area contributed by atoms with Gasteiger partial charge in [0, 0.05) is 30.6 Å². The average molecular weight is 563 g/mol. The Morgan fingerprint density at radius 2 is 1.90 bits per heavy atom. The summed E-state index contributed by atoms with van der Waals surface area (Å²) >= 11 is 0. The van der Waals surface area contributed by atoms with Crippen molar-refractivity contribution in [3.63, 3.8) is 0 Å². The normalized spacial score (nSPS) is 32.5. The minimum Gasteiger partial charge on any atom is -0.510 e. The van der Waals surface area contributed by atoms with Gasteiger partial charge in [-0.2, -0.15) is 13.2 Å². The topological polar surface area (TPSA) is 180 Å². The zero-order valence-corrected chi connectivity index (χ0v) is 21.3. The molecular formula is C27H29F3N4O6. The van der Waals surface area contributed by atoms with Crippen LogP contribution in [0.2, 0.25) is 0 Å². The van der Waals surface area contributed by atoms with Crippen molar-refractivity contribution in [1.82, 2.24) is 10.2 Å². The molecule has 5 aliphatic rings. The van der Waals surface area contributed by atoms with Gasteiger partial charge in [0.15, 0.2) is 11.4 Å². The van der Waals surface area contributed by atoms with E-state index in [1.165, 1.54) is 0 Å². The van der Waals surface area contributed by atoms with Crippen LogP contribution >= 0.6 is 0 Å². The number of primary amides is 1. The van der Waals surface area contributed by atoms with E-state index >= 15 is 0 Å². The second kappa shape index (κ2) is 8.79. The zero-order valence-electron chi connectivity index (χ0n) is 21.3. The number of rotatable bonds is 3. The molecule has 6 rings (SSSR count). The molecule has 2 heterocycles. The number of fused-ring (bicyclic) bond motifs is 3. The van der Waals surface area contributed by atoms with Crippen molar-refractivity contribution in [2.45, 2.75) is 56.0 Å². The van der Waals surface area contributed by atoms with Crippen LogP contribution in [0.3, 0.4) is 0 Å². The van der Waals surface area contributed by atoms with E-state index in [2.05, 4.69) is 5.32 Å². The van der Waals surface area contributed by atoms with Gasteiger partial charge in [-0.1, -0.05) is 0 Å². The van der Waals surface area contributed by atoms with E-state index in [4.69, 9.17) is 11.1 Å². The van der Waals surface area contributed by atoms with Gasteiger partial charge < -0.3 is 36.9 Å². The minimum absolute atomic E-state index is 0.150. The molecular weight excluding hydrogens is 533 g/mol. The van der Waals surface area contributed by atoms with Crippen molar-refractivity contribution < 1.29 is 43.2 Å². The molecule has 13 heteroatoms. The van der Waals surface area contributed by atoms with E-state index in [9.17, 15) is 43.2 Å². The molecule has 1 unspecified atom stereocenters. The minimum atomic E-state index is -4.85. The third-order valence-electron chi connectivity index (χ3n) is 9.26. The molecule has 0 aromatic heterocycles. The SMILES string of the molecule is N=C1C(C(N)=O)=C(O)[C@@H](N2CCC2)[C@@H]2C[C@@H]3Cc4c(c(O)cc(C5CCCN5)c4C(F)(F)F)C(=O)C3=C(O)[C@]12O. The summed E-state index contributed by atoms with van der Waals surface area (Å²) in [5.41, 5.74) is -1.30. The molecule has 0 saturated carbocycles. The van der Waals surface area contributed by atoms with Crippen molar-refractivity contribution >= 4 is 17.4 Å². The van der Waals surface area contributed by atoms with Crippen LogP contribution in [0.4, 0.5) is 13.2 Å². The molecule has 40 heavy (non-hydrogen) atoms. The second-order valence-corrected chi connectivity index (χ2v) is 11.3. The molecule has 10 nitrogen and oxygen atoms in total. The average Bonchev–Trinajstić information content (AvgIpc) is 3.36. The van der Waals surface area contributed by atoms with Gasteiger partial charge in [-0.15, -0.1) is 0 Å². The van der Waals surface area contributed by atoms with Crippen LogP contribution in [-0.2, 0) is 17.4 Å². The van der Waals surface area contributed by atoms with Crippen LogP contribution in [0.1, 0.15) is 58.8 Å². The van der Waals surface area contributed by atoms with Gasteiger partial charge >= 0.3 is 6.18 Å². The number of amides is 1. The van der Waals surface area contributed by atoms with Crippen molar-refractivity contribution in [3.8, 4) is 5.75 Å². The molecule has 5 atom stereocenters. The van der Waals surface area contributed by atoms with Gasteiger partial charge in [0.1, 0.15) is 22.8 Å². The van der Waals surface area contributed by atoms with E-state index < -0.39 is 92.6 Å². The molecule has 0 spiro atoms.